The number of pyridine rings is 2. The van der Waals surface area contributed by atoms with Crippen LogP contribution < -0.4 is 10.2 Å². The van der Waals surface area contributed by atoms with E-state index in [1.807, 2.05) is 42.6 Å². The SMILES string of the molecule is CC(=O)[O-].CC(=O)[O-].CCO.Cc1cc2nc(-c3ccccn3)n(Cc3ccccn3)c2cc1C.[Zn+2]. The standard InChI is InChI=1S/C20H18N4.2C2H4O2.C2H6O.Zn/c1-14-11-18-19(12-15(14)2)24(13-16-7-3-5-9-21-16)20(23-18)17-8-4-6-10-22-17;2*1-2(3)4;1-2-3;/h3-12H,13H2,1-2H3;2*1H3,(H,3,4);3H,2H2,1H3;/q;;;;+2/p-2. The summed E-state index contributed by atoms with van der Waals surface area (Å²) in [5.41, 5.74) is 6.50. The van der Waals surface area contributed by atoms with Gasteiger partial charge in [-0.15, -0.1) is 0 Å². The van der Waals surface area contributed by atoms with Gasteiger partial charge in [-0.3, -0.25) is 9.97 Å². The Bertz CT molecular complexity index is 1200. The van der Waals surface area contributed by atoms with E-state index in [0.717, 1.165) is 42.1 Å². The van der Waals surface area contributed by atoms with Crippen molar-refractivity contribution in [2.24, 2.45) is 0 Å². The van der Waals surface area contributed by atoms with E-state index in [1.165, 1.54) is 11.1 Å². The van der Waals surface area contributed by atoms with Crippen molar-refractivity contribution in [3.63, 3.8) is 0 Å². The Labute approximate surface area is 223 Å². The molecule has 4 rings (SSSR count). The quantitative estimate of drug-likeness (QED) is 0.384. The number of carbonyl (C=O) groups is 2. The molecule has 0 aliphatic rings. The molecule has 0 bridgehead atoms. The molecule has 0 amide bonds. The van der Waals surface area contributed by atoms with Gasteiger partial charge >= 0.3 is 19.5 Å². The van der Waals surface area contributed by atoms with Gasteiger partial charge in [-0.05, 0) is 82.1 Å². The summed E-state index contributed by atoms with van der Waals surface area (Å²) in [6, 6.07) is 16.2. The molecule has 0 atom stereocenters. The van der Waals surface area contributed by atoms with Crippen molar-refractivity contribution < 1.29 is 44.4 Å². The Hall–Kier alpha value is -3.49. The van der Waals surface area contributed by atoms with Gasteiger partial charge in [-0.2, -0.15) is 0 Å². The summed E-state index contributed by atoms with van der Waals surface area (Å²) in [5.74, 6) is -1.29. The van der Waals surface area contributed by atoms with Gasteiger partial charge in [-0.1, -0.05) is 12.1 Å². The van der Waals surface area contributed by atoms with Crippen molar-refractivity contribution in [1.29, 1.82) is 0 Å². The second kappa shape index (κ2) is 17.0. The number of imidazole rings is 1. The molecule has 0 spiro atoms. The summed E-state index contributed by atoms with van der Waals surface area (Å²) in [6.07, 6.45) is 3.63. The maximum atomic E-state index is 8.89. The first-order valence-electron chi connectivity index (χ1n) is 10.8. The summed E-state index contributed by atoms with van der Waals surface area (Å²) in [5, 5.41) is 25.3. The minimum absolute atomic E-state index is 0. The predicted octanol–water partition coefficient (Wildman–Crippen LogP) is 1.67. The molecule has 10 heteroatoms. The van der Waals surface area contributed by atoms with Crippen molar-refractivity contribution in [2.75, 3.05) is 6.61 Å². The second-order valence-corrected chi connectivity index (χ2v) is 7.28. The van der Waals surface area contributed by atoms with Crippen molar-refractivity contribution >= 4 is 23.0 Å². The molecule has 0 saturated carbocycles. The molecule has 0 aliphatic carbocycles. The van der Waals surface area contributed by atoms with E-state index in [2.05, 4.69) is 40.5 Å². The Morgan fingerprint density at radius 3 is 1.89 bits per heavy atom. The molecule has 0 radical (unpaired) electrons. The molecule has 4 aromatic rings. The largest absolute Gasteiger partial charge is 2.00 e. The van der Waals surface area contributed by atoms with Crippen LogP contribution in [0.15, 0.2) is 60.9 Å². The number of carboxylic acids is 2. The molecule has 36 heavy (non-hydrogen) atoms. The van der Waals surface area contributed by atoms with E-state index in [4.69, 9.17) is 29.9 Å². The molecule has 0 aliphatic heterocycles. The summed E-state index contributed by atoms with van der Waals surface area (Å²) in [6.45, 7) is 8.80. The van der Waals surface area contributed by atoms with Crippen molar-refractivity contribution in [2.45, 2.75) is 41.2 Å². The minimum Gasteiger partial charge on any atom is -0.550 e. The molecule has 3 aromatic heterocycles. The van der Waals surface area contributed by atoms with Crippen LogP contribution >= 0.6 is 0 Å². The van der Waals surface area contributed by atoms with E-state index in [9.17, 15) is 0 Å². The number of aliphatic carboxylic acids is 2. The molecular formula is C26H30N4O5Zn. The zero-order valence-electron chi connectivity index (χ0n) is 21.3. The van der Waals surface area contributed by atoms with Crippen LogP contribution in [0.1, 0.15) is 37.6 Å². The maximum Gasteiger partial charge on any atom is 2.00 e. The topological polar surface area (TPSA) is 144 Å². The maximum absolute atomic E-state index is 8.89. The average molecular weight is 544 g/mol. The third kappa shape index (κ3) is 11.3. The molecule has 9 nitrogen and oxygen atoms in total. The van der Waals surface area contributed by atoms with E-state index in [0.29, 0.717) is 6.54 Å². The predicted molar refractivity (Wildman–Crippen MR) is 130 cm³/mol. The van der Waals surface area contributed by atoms with Crippen LogP contribution in [0.2, 0.25) is 0 Å². The molecule has 1 N–H and O–H groups in total. The van der Waals surface area contributed by atoms with Crippen LogP contribution in [0.4, 0.5) is 0 Å². The number of carbonyl (C=O) groups excluding carboxylic acids is 2. The Morgan fingerprint density at radius 1 is 0.917 bits per heavy atom. The average Bonchev–Trinajstić information content (AvgIpc) is 3.12. The molecule has 3 heterocycles. The third-order valence-corrected chi connectivity index (χ3v) is 4.30. The Kier molecular flexibility index (Phi) is 15.4. The van der Waals surface area contributed by atoms with E-state index >= 15 is 0 Å². The monoisotopic (exact) mass is 542 g/mol. The van der Waals surface area contributed by atoms with Gasteiger partial charge in [0.05, 0.1) is 23.3 Å². The van der Waals surface area contributed by atoms with Crippen molar-refractivity contribution in [3.05, 3.63) is 77.7 Å². The minimum atomic E-state index is -1.08. The van der Waals surface area contributed by atoms with Crippen LogP contribution in [0.3, 0.4) is 0 Å². The second-order valence-electron chi connectivity index (χ2n) is 7.28. The number of aryl methyl sites for hydroxylation is 2. The molecule has 1 aromatic carbocycles. The van der Waals surface area contributed by atoms with Crippen LogP contribution in [0.5, 0.6) is 0 Å². The number of rotatable bonds is 3. The number of aromatic nitrogens is 4. The fourth-order valence-corrected chi connectivity index (χ4v) is 2.88. The van der Waals surface area contributed by atoms with Crippen LogP contribution in [0, 0.1) is 13.8 Å². The molecule has 186 valence electrons. The summed E-state index contributed by atoms with van der Waals surface area (Å²) < 4.78 is 2.20. The van der Waals surface area contributed by atoms with Gasteiger partial charge in [-0.25, -0.2) is 4.98 Å². The Balaban J connectivity index is 0.000000874. The smallest absolute Gasteiger partial charge is 0.550 e. The third-order valence-electron chi connectivity index (χ3n) is 4.30. The first kappa shape index (κ1) is 32.5. The van der Waals surface area contributed by atoms with Gasteiger partial charge in [0.25, 0.3) is 0 Å². The first-order chi connectivity index (χ1) is 16.6. The molecule has 0 unspecified atom stereocenters. The van der Waals surface area contributed by atoms with Gasteiger partial charge in [0.2, 0.25) is 0 Å². The van der Waals surface area contributed by atoms with Crippen molar-refractivity contribution in [1.82, 2.24) is 19.5 Å². The summed E-state index contributed by atoms with van der Waals surface area (Å²) in [4.78, 5) is 31.6. The van der Waals surface area contributed by atoms with Crippen LogP contribution in [-0.4, -0.2) is 43.2 Å². The number of hydrogen-bond donors (Lipinski definition) is 1. The number of fused-ring (bicyclic) bond motifs is 1. The van der Waals surface area contributed by atoms with Crippen molar-refractivity contribution in [3.8, 4) is 11.5 Å². The number of benzene rings is 1. The van der Waals surface area contributed by atoms with Crippen LogP contribution in [0.25, 0.3) is 22.6 Å². The van der Waals surface area contributed by atoms with Gasteiger partial charge in [0, 0.05) is 30.9 Å². The summed E-state index contributed by atoms with van der Waals surface area (Å²) in [7, 11) is 0. The zero-order valence-corrected chi connectivity index (χ0v) is 24.2. The molecule has 0 saturated heterocycles. The van der Waals surface area contributed by atoms with E-state index in [-0.39, 0.29) is 26.1 Å². The van der Waals surface area contributed by atoms with E-state index in [1.54, 1.807) is 13.1 Å². The fraction of sp³-hybridized carbons (Fsp3) is 0.269. The van der Waals surface area contributed by atoms with Gasteiger partial charge in [0.1, 0.15) is 5.69 Å². The first-order valence-corrected chi connectivity index (χ1v) is 10.8. The fourth-order valence-electron chi connectivity index (χ4n) is 2.88. The van der Waals surface area contributed by atoms with E-state index < -0.39 is 11.9 Å². The number of carboxylic acid groups (broad SMARTS) is 2. The normalized spacial score (nSPS) is 9.28. The Morgan fingerprint density at radius 2 is 1.42 bits per heavy atom. The number of hydrogen-bond acceptors (Lipinski definition) is 8. The molecule has 0 fully saturated rings. The molecular weight excluding hydrogens is 514 g/mol. The van der Waals surface area contributed by atoms with Gasteiger partial charge < -0.3 is 29.5 Å². The zero-order chi connectivity index (χ0) is 26.4. The summed E-state index contributed by atoms with van der Waals surface area (Å²) >= 11 is 0. The number of nitrogens with zero attached hydrogens (tertiary/aromatic N) is 4. The van der Waals surface area contributed by atoms with Gasteiger partial charge in [0.15, 0.2) is 5.82 Å². The number of aliphatic hydroxyl groups excluding tert-OH is 1. The number of aliphatic hydroxyl groups is 1. The van der Waals surface area contributed by atoms with Crippen LogP contribution in [-0.2, 0) is 35.6 Å².